The van der Waals surface area contributed by atoms with Gasteiger partial charge in [0.2, 0.25) is 0 Å². The van der Waals surface area contributed by atoms with Crippen molar-refractivity contribution in [2.24, 2.45) is 0 Å². The fraction of sp³-hybridized carbons (Fsp3) is 0.368. The van der Waals surface area contributed by atoms with Crippen LogP contribution < -0.4 is 10.5 Å². The highest BCUT2D eigenvalue weighted by molar-refractivity contribution is 7.97. The minimum Gasteiger partial charge on any atom is -0.456 e. The summed E-state index contributed by atoms with van der Waals surface area (Å²) >= 11 is 1.74. The Labute approximate surface area is 148 Å². The van der Waals surface area contributed by atoms with Crippen LogP contribution in [0.5, 0.6) is 11.5 Å². The molecule has 2 aromatic carbocycles. The average molecular weight is 343 g/mol. The second kappa shape index (κ2) is 7.47. The van der Waals surface area contributed by atoms with Crippen LogP contribution in [0.2, 0.25) is 0 Å². The maximum Gasteiger partial charge on any atom is 0.142 e. The Morgan fingerprint density at radius 1 is 0.958 bits per heavy atom. The van der Waals surface area contributed by atoms with E-state index in [0.717, 1.165) is 53.8 Å². The van der Waals surface area contributed by atoms with Crippen LogP contribution >= 0.6 is 11.9 Å². The van der Waals surface area contributed by atoms with Crippen LogP contribution in [0.4, 0.5) is 5.69 Å². The molecule has 0 saturated carbocycles. The summed E-state index contributed by atoms with van der Waals surface area (Å²) in [5.41, 5.74) is 9.10. The van der Waals surface area contributed by atoms with Gasteiger partial charge in [-0.2, -0.15) is 0 Å². The topological polar surface area (TPSA) is 41.7 Å². The summed E-state index contributed by atoms with van der Waals surface area (Å²) in [4.78, 5) is 3.42. The molecule has 128 valence electrons. The highest BCUT2D eigenvalue weighted by Gasteiger charge is 2.17. The van der Waals surface area contributed by atoms with Crippen LogP contribution in [0, 0.1) is 13.8 Å². The summed E-state index contributed by atoms with van der Waals surface area (Å²) in [6, 6.07) is 12.1. The zero-order valence-electron chi connectivity index (χ0n) is 14.6. The molecule has 0 aromatic heterocycles. The lowest BCUT2D eigenvalue weighted by atomic mass is 10.1. The van der Waals surface area contributed by atoms with Crippen molar-refractivity contribution in [2.45, 2.75) is 18.7 Å². The minimum atomic E-state index is 0.764. The lowest BCUT2D eigenvalue weighted by Gasteiger charge is -2.31. The van der Waals surface area contributed by atoms with Crippen molar-refractivity contribution in [3.63, 3.8) is 0 Å². The Morgan fingerprint density at radius 2 is 1.71 bits per heavy atom. The molecule has 1 heterocycles. The monoisotopic (exact) mass is 343 g/mol. The number of hydrogen-bond acceptors (Lipinski definition) is 5. The summed E-state index contributed by atoms with van der Waals surface area (Å²) in [6.45, 7) is 8.40. The van der Waals surface area contributed by atoms with E-state index in [0.29, 0.717) is 0 Å². The number of aryl methyl sites for hydroxylation is 2. The molecular formula is C19H25N3OS. The molecular weight excluding hydrogens is 318 g/mol. The Bertz CT molecular complexity index is 712. The van der Waals surface area contributed by atoms with Gasteiger partial charge < -0.3 is 15.4 Å². The standard InChI is InChI=1S/C19H25N3OS/c1-14-4-5-15(2)18(12-14)23-17-7-6-16(20)13-19(17)24-22-10-8-21(3)9-11-22/h4-7,12-13H,8-11,20H2,1-3H3. The van der Waals surface area contributed by atoms with Crippen LogP contribution in [0.15, 0.2) is 41.3 Å². The van der Waals surface area contributed by atoms with Crippen molar-refractivity contribution < 1.29 is 4.74 Å². The third-order valence-corrected chi connectivity index (χ3v) is 5.36. The van der Waals surface area contributed by atoms with E-state index < -0.39 is 0 Å². The lowest BCUT2D eigenvalue weighted by Crippen LogP contribution is -2.41. The van der Waals surface area contributed by atoms with Gasteiger partial charge in [0.1, 0.15) is 11.5 Å². The summed E-state index contributed by atoms with van der Waals surface area (Å²) in [5, 5.41) is 0. The van der Waals surface area contributed by atoms with Gasteiger partial charge in [0.05, 0.1) is 4.90 Å². The van der Waals surface area contributed by atoms with Crippen LogP contribution in [0.3, 0.4) is 0 Å². The number of hydrogen-bond donors (Lipinski definition) is 1. The number of nitrogens with two attached hydrogens (primary N) is 1. The first-order chi connectivity index (χ1) is 11.5. The van der Waals surface area contributed by atoms with E-state index in [1.54, 1.807) is 11.9 Å². The molecule has 2 N–H and O–H groups in total. The third-order valence-electron chi connectivity index (χ3n) is 4.22. The first-order valence-electron chi connectivity index (χ1n) is 8.27. The molecule has 1 aliphatic rings. The summed E-state index contributed by atoms with van der Waals surface area (Å²) in [5.74, 6) is 1.77. The number of ether oxygens (including phenoxy) is 1. The number of nitrogens with zero attached hydrogens (tertiary/aromatic N) is 2. The smallest absolute Gasteiger partial charge is 0.142 e. The second-order valence-corrected chi connectivity index (χ2v) is 7.54. The van der Waals surface area contributed by atoms with Gasteiger partial charge in [-0.3, -0.25) is 0 Å². The van der Waals surface area contributed by atoms with Crippen LogP contribution in [-0.2, 0) is 0 Å². The Kier molecular flexibility index (Phi) is 5.33. The number of anilines is 1. The largest absolute Gasteiger partial charge is 0.456 e. The molecule has 3 rings (SSSR count). The van der Waals surface area contributed by atoms with Gasteiger partial charge in [-0.05, 0) is 68.2 Å². The zero-order valence-corrected chi connectivity index (χ0v) is 15.4. The second-order valence-electron chi connectivity index (χ2n) is 6.40. The van der Waals surface area contributed by atoms with Gasteiger partial charge in [-0.1, -0.05) is 12.1 Å². The molecule has 1 fully saturated rings. The maximum absolute atomic E-state index is 6.23. The van der Waals surface area contributed by atoms with Crippen LogP contribution in [-0.4, -0.2) is 42.4 Å². The molecule has 1 aliphatic heterocycles. The van der Waals surface area contributed by atoms with E-state index in [-0.39, 0.29) is 0 Å². The van der Waals surface area contributed by atoms with Gasteiger partial charge in [-0.15, -0.1) is 0 Å². The van der Waals surface area contributed by atoms with E-state index in [9.17, 15) is 0 Å². The van der Waals surface area contributed by atoms with Gasteiger partial charge in [0.15, 0.2) is 0 Å². The van der Waals surface area contributed by atoms with Crippen molar-refractivity contribution in [3.8, 4) is 11.5 Å². The van der Waals surface area contributed by atoms with E-state index >= 15 is 0 Å². The fourth-order valence-electron chi connectivity index (χ4n) is 2.63. The Hall–Kier alpha value is -1.69. The first-order valence-corrected chi connectivity index (χ1v) is 9.05. The van der Waals surface area contributed by atoms with E-state index in [1.807, 2.05) is 18.2 Å². The SMILES string of the molecule is Cc1ccc(C)c(Oc2ccc(N)cc2SN2CCN(C)CC2)c1. The number of benzene rings is 2. The normalized spacial score (nSPS) is 16.3. The molecule has 0 amide bonds. The van der Waals surface area contributed by atoms with Crippen LogP contribution in [0.25, 0.3) is 0 Å². The van der Waals surface area contributed by atoms with E-state index in [1.165, 1.54) is 5.56 Å². The number of piperazine rings is 1. The van der Waals surface area contributed by atoms with Crippen molar-refractivity contribution in [1.29, 1.82) is 0 Å². The van der Waals surface area contributed by atoms with Crippen molar-refractivity contribution >= 4 is 17.6 Å². The summed E-state index contributed by atoms with van der Waals surface area (Å²) < 4.78 is 8.60. The van der Waals surface area contributed by atoms with E-state index in [2.05, 4.69) is 48.3 Å². The Balaban J connectivity index is 1.81. The molecule has 2 aromatic rings. The molecule has 0 aliphatic carbocycles. The predicted octanol–water partition coefficient (Wildman–Crippen LogP) is 3.93. The molecule has 0 spiro atoms. The quantitative estimate of drug-likeness (QED) is 0.673. The van der Waals surface area contributed by atoms with Gasteiger partial charge in [-0.25, -0.2) is 4.31 Å². The lowest BCUT2D eigenvalue weighted by molar-refractivity contribution is 0.233. The summed E-state index contributed by atoms with van der Waals surface area (Å²) in [6.07, 6.45) is 0. The number of likely N-dealkylation sites (N-methyl/N-ethyl adjacent to an activating group) is 1. The molecule has 0 unspecified atom stereocenters. The molecule has 1 saturated heterocycles. The maximum atomic E-state index is 6.23. The first kappa shape index (κ1) is 17.1. The highest BCUT2D eigenvalue weighted by atomic mass is 32.2. The van der Waals surface area contributed by atoms with Gasteiger partial charge in [0, 0.05) is 31.9 Å². The Morgan fingerprint density at radius 3 is 2.46 bits per heavy atom. The number of rotatable bonds is 4. The zero-order chi connectivity index (χ0) is 17.1. The van der Waals surface area contributed by atoms with Crippen LogP contribution in [0.1, 0.15) is 11.1 Å². The summed E-state index contributed by atoms with van der Waals surface area (Å²) in [7, 11) is 2.16. The van der Waals surface area contributed by atoms with Crippen molar-refractivity contribution in [3.05, 3.63) is 47.5 Å². The molecule has 5 heteroatoms. The number of nitrogen functional groups attached to an aromatic ring is 1. The van der Waals surface area contributed by atoms with Crippen molar-refractivity contribution in [1.82, 2.24) is 9.21 Å². The van der Waals surface area contributed by atoms with Gasteiger partial charge >= 0.3 is 0 Å². The fourth-order valence-corrected chi connectivity index (χ4v) is 3.65. The minimum absolute atomic E-state index is 0.764. The highest BCUT2D eigenvalue weighted by Crippen LogP contribution is 2.37. The molecule has 0 atom stereocenters. The molecule has 4 nitrogen and oxygen atoms in total. The predicted molar refractivity (Wildman–Crippen MR) is 102 cm³/mol. The average Bonchev–Trinajstić information content (AvgIpc) is 2.55. The third kappa shape index (κ3) is 4.23. The van der Waals surface area contributed by atoms with E-state index in [4.69, 9.17) is 10.5 Å². The van der Waals surface area contributed by atoms with Gasteiger partial charge in [0.25, 0.3) is 0 Å². The van der Waals surface area contributed by atoms with Crippen molar-refractivity contribution in [2.75, 3.05) is 39.0 Å². The molecule has 0 radical (unpaired) electrons. The molecule has 24 heavy (non-hydrogen) atoms. The molecule has 0 bridgehead atoms.